The number of thioether (sulfide) groups is 1. The van der Waals surface area contributed by atoms with Crippen LogP contribution >= 0.6 is 11.8 Å². The van der Waals surface area contributed by atoms with E-state index >= 15 is 0 Å². The zero-order chi connectivity index (χ0) is 12.8. The summed E-state index contributed by atoms with van der Waals surface area (Å²) in [5, 5.41) is 16.6. The third-order valence-corrected chi connectivity index (χ3v) is 2.55. The third-order valence-electron chi connectivity index (χ3n) is 2.04. The van der Waals surface area contributed by atoms with Crippen molar-refractivity contribution >= 4 is 29.4 Å². The van der Waals surface area contributed by atoms with Gasteiger partial charge < -0.3 is 10.8 Å². The van der Waals surface area contributed by atoms with E-state index in [4.69, 9.17) is 5.73 Å². The van der Waals surface area contributed by atoms with E-state index in [9.17, 15) is 9.90 Å². The van der Waals surface area contributed by atoms with Crippen molar-refractivity contribution in [2.75, 3.05) is 6.26 Å². The lowest BCUT2D eigenvalue weighted by molar-refractivity contribution is -0.456. The van der Waals surface area contributed by atoms with Gasteiger partial charge in [-0.3, -0.25) is 4.79 Å². The molecule has 0 unspecified atom stereocenters. The van der Waals surface area contributed by atoms with Crippen LogP contribution in [0, 0.1) is 6.92 Å². The summed E-state index contributed by atoms with van der Waals surface area (Å²) in [5.74, 6) is -0.0731. The predicted octanol–water partition coefficient (Wildman–Crippen LogP) is -0.395. The average molecular weight is 252 g/mol. The fraction of sp³-hybridized carbons (Fsp3) is 0.182. The molecule has 4 N–H and O–H groups in total. The van der Waals surface area contributed by atoms with Crippen molar-refractivity contribution in [1.82, 2.24) is 0 Å². The maximum absolute atomic E-state index is 10.7. The number of hydrazone groups is 1. The van der Waals surface area contributed by atoms with Crippen LogP contribution in [0.15, 0.2) is 17.2 Å². The van der Waals surface area contributed by atoms with E-state index < -0.39 is 0 Å². The normalized spacial score (nSPS) is 12.0. The maximum atomic E-state index is 10.7. The molecule has 17 heavy (non-hydrogen) atoms. The lowest BCUT2D eigenvalue weighted by Gasteiger charge is -2.01. The molecule has 0 heterocycles. The molecule has 1 aromatic carbocycles. The monoisotopic (exact) mass is 252 g/mol. The molecule has 0 saturated heterocycles. The van der Waals surface area contributed by atoms with E-state index in [1.165, 1.54) is 18.0 Å². The van der Waals surface area contributed by atoms with Crippen LogP contribution in [0.4, 0.5) is 0 Å². The number of carbonyl (C=O) groups is 1. The van der Waals surface area contributed by atoms with E-state index in [1.807, 2.05) is 6.92 Å². The van der Waals surface area contributed by atoms with Crippen LogP contribution in [0.1, 0.15) is 21.5 Å². The standard InChI is InChI=1S/C11H13N3O2S/c1-7-3-8(5-13-14-11(12)17-2)10(16)9(4-7)6-15/h3-6,16H,1-2H3,(H2,12,14)/p+1. The fourth-order valence-electron chi connectivity index (χ4n) is 1.25. The molecular weight excluding hydrogens is 238 g/mol. The molecule has 0 bridgehead atoms. The number of carbonyl (C=O) groups excluding carboxylic acids is 1. The van der Waals surface area contributed by atoms with Crippen LogP contribution in [-0.2, 0) is 0 Å². The van der Waals surface area contributed by atoms with Crippen molar-refractivity contribution < 1.29 is 15.0 Å². The van der Waals surface area contributed by atoms with Crippen molar-refractivity contribution in [2.24, 2.45) is 10.8 Å². The highest BCUT2D eigenvalue weighted by Crippen LogP contribution is 2.20. The topological polar surface area (TPSA) is 89.6 Å². The maximum Gasteiger partial charge on any atom is 0.225 e. The van der Waals surface area contributed by atoms with Gasteiger partial charge in [0, 0.05) is 5.10 Å². The highest BCUT2D eigenvalue weighted by molar-refractivity contribution is 8.13. The van der Waals surface area contributed by atoms with Crippen LogP contribution in [0.3, 0.4) is 0 Å². The molecule has 0 aliphatic rings. The molecule has 0 fully saturated rings. The van der Waals surface area contributed by atoms with Crippen LogP contribution in [0.25, 0.3) is 0 Å². The molecule has 0 radical (unpaired) electrons. The number of nitrogens with one attached hydrogen (secondary N) is 1. The summed E-state index contributed by atoms with van der Waals surface area (Å²) in [4.78, 5) is 10.7. The second-order valence-electron chi connectivity index (χ2n) is 3.34. The number of aryl methyl sites for hydroxylation is 1. The van der Waals surface area contributed by atoms with Crippen LogP contribution in [0.5, 0.6) is 5.75 Å². The first-order valence-electron chi connectivity index (χ1n) is 4.83. The quantitative estimate of drug-likeness (QED) is 0.296. The molecule has 90 valence electrons. The van der Waals surface area contributed by atoms with Gasteiger partial charge in [0.2, 0.25) is 11.4 Å². The van der Waals surface area contributed by atoms with Gasteiger partial charge in [0.25, 0.3) is 0 Å². The summed E-state index contributed by atoms with van der Waals surface area (Å²) in [5.41, 5.74) is 7.09. The van der Waals surface area contributed by atoms with Gasteiger partial charge in [-0.05, 0) is 30.9 Å². The van der Waals surface area contributed by atoms with E-state index in [0.717, 1.165) is 5.56 Å². The SMILES string of the molecule is CSC(N)=N[NH+]=Cc1cc(C)cc(C=O)c1O. The largest absolute Gasteiger partial charge is 0.506 e. The number of rotatable bonds is 3. The minimum Gasteiger partial charge on any atom is -0.506 e. The van der Waals surface area contributed by atoms with Crippen LogP contribution in [0.2, 0.25) is 0 Å². The minimum absolute atomic E-state index is 0.0731. The van der Waals surface area contributed by atoms with Crippen LogP contribution < -0.4 is 10.8 Å². The molecule has 0 saturated carbocycles. The number of benzene rings is 1. The number of phenols is 1. The highest BCUT2D eigenvalue weighted by atomic mass is 32.2. The van der Waals surface area contributed by atoms with Crippen molar-refractivity contribution in [3.63, 3.8) is 0 Å². The Kier molecular flexibility index (Phi) is 4.71. The zero-order valence-electron chi connectivity index (χ0n) is 9.60. The van der Waals surface area contributed by atoms with Gasteiger partial charge in [0.15, 0.2) is 6.29 Å². The predicted molar refractivity (Wildman–Crippen MR) is 69.5 cm³/mol. The third kappa shape index (κ3) is 3.60. The Morgan fingerprint density at radius 3 is 2.76 bits per heavy atom. The summed E-state index contributed by atoms with van der Waals surface area (Å²) >= 11 is 1.30. The minimum atomic E-state index is -0.0731. The molecule has 0 spiro atoms. The molecule has 6 heteroatoms. The Hall–Kier alpha value is -1.82. The van der Waals surface area contributed by atoms with Crippen molar-refractivity contribution in [3.8, 4) is 5.75 Å². The number of hydrogen-bond acceptors (Lipinski definition) is 4. The molecule has 0 aliphatic carbocycles. The Morgan fingerprint density at radius 1 is 1.53 bits per heavy atom. The first kappa shape index (κ1) is 13.2. The van der Waals surface area contributed by atoms with Crippen molar-refractivity contribution in [3.05, 3.63) is 28.8 Å². The number of nitrogens with zero attached hydrogens (tertiary/aromatic N) is 1. The van der Waals surface area contributed by atoms with Gasteiger partial charge >= 0.3 is 0 Å². The van der Waals surface area contributed by atoms with Gasteiger partial charge in [0.05, 0.1) is 11.1 Å². The number of hydrogen-bond donors (Lipinski definition) is 3. The van der Waals surface area contributed by atoms with E-state index in [0.29, 0.717) is 17.0 Å². The van der Waals surface area contributed by atoms with Crippen molar-refractivity contribution in [2.45, 2.75) is 6.92 Å². The van der Waals surface area contributed by atoms with Gasteiger partial charge in [-0.25, -0.2) is 0 Å². The first-order chi connectivity index (χ1) is 8.08. The molecule has 5 nitrogen and oxygen atoms in total. The Morgan fingerprint density at radius 2 is 2.18 bits per heavy atom. The molecule has 1 rings (SSSR count). The Labute approximate surface area is 103 Å². The first-order valence-corrected chi connectivity index (χ1v) is 6.05. The van der Waals surface area contributed by atoms with Gasteiger partial charge in [0.1, 0.15) is 5.75 Å². The summed E-state index contributed by atoms with van der Waals surface area (Å²) in [7, 11) is 0. The van der Waals surface area contributed by atoms with Crippen LogP contribution in [-0.4, -0.2) is 29.0 Å². The van der Waals surface area contributed by atoms with E-state index in [1.54, 1.807) is 18.4 Å². The number of aldehydes is 1. The lowest BCUT2D eigenvalue weighted by atomic mass is 10.1. The number of nitrogens with two attached hydrogens (primary N) is 1. The summed E-state index contributed by atoms with van der Waals surface area (Å²) in [6.45, 7) is 1.84. The Bertz CT molecular complexity index is 484. The second-order valence-corrected chi connectivity index (χ2v) is 4.16. The molecule has 0 atom stereocenters. The smallest absolute Gasteiger partial charge is 0.225 e. The fourth-order valence-corrected chi connectivity index (χ4v) is 1.39. The molecule has 0 aromatic heterocycles. The van der Waals surface area contributed by atoms with Crippen molar-refractivity contribution in [1.29, 1.82) is 0 Å². The number of aromatic hydroxyl groups is 1. The summed E-state index contributed by atoms with van der Waals surface area (Å²) in [6, 6.07) is 3.35. The molecule has 1 aromatic rings. The second kappa shape index (κ2) is 6.05. The molecule has 0 amide bonds. The molecular formula is C11H14N3O2S+. The van der Waals surface area contributed by atoms with Gasteiger partial charge in [-0.1, -0.05) is 11.8 Å². The molecule has 0 aliphatic heterocycles. The summed E-state index contributed by atoms with van der Waals surface area (Å²) < 4.78 is 0. The van der Waals surface area contributed by atoms with Gasteiger partial charge in [-0.15, -0.1) is 5.10 Å². The highest BCUT2D eigenvalue weighted by Gasteiger charge is 2.08. The summed E-state index contributed by atoms with van der Waals surface area (Å²) in [6.07, 6.45) is 3.90. The van der Waals surface area contributed by atoms with E-state index in [2.05, 4.69) is 10.2 Å². The lowest BCUT2D eigenvalue weighted by Crippen LogP contribution is -2.62. The zero-order valence-corrected chi connectivity index (χ0v) is 10.4. The number of phenolic OH excluding ortho intramolecular Hbond substituents is 1. The number of amidine groups is 1. The van der Waals surface area contributed by atoms with E-state index in [-0.39, 0.29) is 11.3 Å². The average Bonchev–Trinajstić information content (AvgIpc) is 2.32. The Balaban J connectivity index is 3.06. The van der Waals surface area contributed by atoms with Gasteiger partial charge in [-0.2, -0.15) is 0 Å².